The first-order valence-corrected chi connectivity index (χ1v) is 10.4. The zero-order valence-electron chi connectivity index (χ0n) is 16.5. The summed E-state index contributed by atoms with van der Waals surface area (Å²) >= 11 is 0. The zero-order valence-corrected chi connectivity index (χ0v) is 16.5. The Hall–Kier alpha value is -2.17. The number of fused-ring (bicyclic) bond motifs is 1. The van der Waals surface area contributed by atoms with Crippen LogP contribution in [-0.4, -0.2) is 38.7 Å². The fraction of sp³-hybridized carbons (Fsp3) is 0.591. The standard InChI is InChI=1S/C22H30N4O/c1-16-7-9-18(10-8-16)17(2)22(27)25-14-11-19(12-15-25)21-24-23-20-6-4-3-5-13-26(20)21/h7-10,17,19H,3-6,11-15H2,1-2H3/t17-/m0/s1. The molecule has 3 heterocycles. The molecule has 0 spiro atoms. The van der Waals surface area contributed by atoms with Crippen molar-refractivity contribution in [2.75, 3.05) is 13.1 Å². The van der Waals surface area contributed by atoms with Gasteiger partial charge in [0.15, 0.2) is 0 Å². The van der Waals surface area contributed by atoms with Crippen LogP contribution in [0.2, 0.25) is 0 Å². The quantitative estimate of drug-likeness (QED) is 0.830. The number of carbonyl (C=O) groups excluding carboxylic acids is 1. The molecule has 1 atom stereocenters. The number of nitrogens with zero attached hydrogens (tertiary/aromatic N) is 4. The third-order valence-corrected chi connectivity index (χ3v) is 6.26. The van der Waals surface area contributed by atoms with Crippen molar-refractivity contribution in [3.63, 3.8) is 0 Å². The first kappa shape index (κ1) is 18.2. The summed E-state index contributed by atoms with van der Waals surface area (Å²) in [5, 5.41) is 8.99. The highest BCUT2D eigenvalue weighted by Gasteiger charge is 2.30. The summed E-state index contributed by atoms with van der Waals surface area (Å²) in [6.07, 6.45) is 6.77. The van der Waals surface area contributed by atoms with Crippen molar-refractivity contribution in [1.82, 2.24) is 19.7 Å². The lowest BCUT2D eigenvalue weighted by Gasteiger charge is -2.33. The van der Waals surface area contributed by atoms with Crippen molar-refractivity contribution < 1.29 is 4.79 Å². The smallest absolute Gasteiger partial charge is 0.229 e. The largest absolute Gasteiger partial charge is 0.342 e. The van der Waals surface area contributed by atoms with E-state index in [1.54, 1.807) is 0 Å². The molecule has 27 heavy (non-hydrogen) atoms. The molecule has 1 aromatic carbocycles. The van der Waals surface area contributed by atoms with E-state index in [1.165, 1.54) is 24.8 Å². The maximum absolute atomic E-state index is 12.9. The minimum Gasteiger partial charge on any atom is -0.342 e. The second-order valence-electron chi connectivity index (χ2n) is 8.17. The van der Waals surface area contributed by atoms with Gasteiger partial charge >= 0.3 is 0 Å². The third kappa shape index (κ3) is 3.78. The van der Waals surface area contributed by atoms with E-state index in [0.29, 0.717) is 5.92 Å². The lowest BCUT2D eigenvalue weighted by atomic mass is 9.93. The molecule has 5 heteroatoms. The summed E-state index contributed by atoms with van der Waals surface area (Å²) in [5.74, 6) is 2.92. The molecular formula is C22H30N4O. The fourth-order valence-corrected chi connectivity index (χ4v) is 4.44. The highest BCUT2D eigenvalue weighted by molar-refractivity contribution is 5.83. The lowest BCUT2D eigenvalue weighted by Crippen LogP contribution is -2.40. The summed E-state index contributed by atoms with van der Waals surface area (Å²) in [6, 6.07) is 8.33. The highest BCUT2D eigenvalue weighted by Crippen LogP contribution is 2.30. The molecular weight excluding hydrogens is 336 g/mol. The normalized spacial score (nSPS) is 19.4. The molecule has 2 aliphatic heterocycles. The number of aromatic nitrogens is 3. The zero-order chi connectivity index (χ0) is 18.8. The van der Waals surface area contributed by atoms with E-state index >= 15 is 0 Å². The number of hydrogen-bond acceptors (Lipinski definition) is 3. The molecule has 0 saturated carbocycles. The van der Waals surface area contributed by atoms with Gasteiger partial charge in [-0.1, -0.05) is 36.2 Å². The van der Waals surface area contributed by atoms with Gasteiger partial charge in [-0.3, -0.25) is 4.79 Å². The molecule has 144 valence electrons. The summed E-state index contributed by atoms with van der Waals surface area (Å²) in [7, 11) is 0. The van der Waals surface area contributed by atoms with Crippen LogP contribution in [0.1, 0.15) is 73.6 Å². The predicted molar refractivity (Wildman–Crippen MR) is 106 cm³/mol. The molecule has 1 aromatic heterocycles. The molecule has 2 aliphatic rings. The average molecular weight is 367 g/mol. The van der Waals surface area contributed by atoms with Crippen LogP contribution >= 0.6 is 0 Å². The second kappa shape index (κ2) is 7.83. The monoisotopic (exact) mass is 366 g/mol. The number of aryl methyl sites for hydroxylation is 2. The first-order chi connectivity index (χ1) is 13.1. The SMILES string of the molecule is Cc1ccc([C@H](C)C(=O)N2CCC(c3nnc4n3CCCCC4)CC2)cc1. The van der Waals surface area contributed by atoms with Gasteiger partial charge in [-0.2, -0.15) is 0 Å². The Balaban J connectivity index is 1.39. The van der Waals surface area contributed by atoms with Crippen molar-refractivity contribution in [3.05, 3.63) is 47.0 Å². The van der Waals surface area contributed by atoms with E-state index in [1.807, 2.05) is 11.8 Å². The Kier molecular flexibility index (Phi) is 5.28. The fourth-order valence-electron chi connectivity index (χ4n) is 4.44. The van der Waals surface area contributed by atoms with Crippen molar-refractivity contribution >= 4 is 5.91 Å². The molecule has 0 aliphatic carbocycles. The van der Waals surface area contributed by atoms with Crippen molar-refractivity contribution in [2.45, 2.75) is 70.8 Å². The molecule has 4 rings (SSSR count). The Morgan fingerprint density at radius 1 is 1.04 bits per heavy atom. The molecule has 0 bridgehead atoms. The molecule has 0 unspecified atom stereocenters. The van der Waals surface area contributed by atoms with E-state index < -0.39 is 0 Å². The van der Waals surface area contributed by atoms with Crippen molar-refractivity contribution in [1.29, 1.82) is 0 Å². The van der Waals surface area contributed by atoms with E-state index in [4.69, 9.17) is 0 Å². The predicted octanol–water partition coefficient (Wildman–Crippen LogP) is 3.82. The van der Waals surface area contributed by atoms with Crippen molar-refractivity contribution in [3.8, 4) is 0 Å². The van der Waals surface area contributed by atoms with Crippen LogP contribution in [0.25, 0.3) is 0 Å². The van der Waals surface area contributed by atoms with Gasteiger partial charge in [0.05, 0.1) is 5.92 Å². The van der Waals surface area contributed by atoms with Crippen LogP contribution in [0.3, 0.4) is 0 Å². The number of amides is 1. The molecule has 1 fully saturated rings. The summed E-state index contributed by atoms with van der Waals surface area (Å²) in [5.41, 5.74) is 2.34. The minimum atomic E-state index is -0.0773. The number of likely N-dealkylation sites (tertiary alicyclic amines) is 1. The van der Waals surface area contributed by atoms with Gasteiger partial charge in [-0.15, -0.1) is 10.2 Å². The average Bonchev–Trinajstić information content (AvgIpc) is 2.95. The van der Waals surface area contributed by atoms with Crippen LogP contribution in [0.5, 0.6) is 0 Å². The van der Waals surface area contributed by atoms with Crippen LogP contribution in [0.4, 0.5) is 0 Å². The number of piperidine rings is 1. The summed E-state index contributed by atoms with van der Waals surface area (Å²) < 4.78 is 2.37. The Bertz CT molecular complexity index is 787. The number of rotatable bonds is 3. The van der Waals surface area contributed by atoms with Crippen LogP contribution < -0.4 is 0 Å². The highest BCUT2D eigenvalue weighted by atomic mass is 16.2. The first-order valence-electron chi connectivity index (χ1n) is 10.4. The molecule has 0 N–H and O–H groups in total. The van der Waals surface area contributed by atoms with Gasteiger partial charge < -0.3 is 9.47 Å². The van der Waals surface area contributed by atoms with Crippen LogP contribution in [0.15, 0.2) is 24.3 Å². The maximum Gasteiger partial charge on any atom is 0.229 e. The van der Waals surface area contributed by atoms with Gasteiger partial charge in [0, 0.05) is 32.0 Å². The van der Waals surface area contributed by atoms with E-state index in [2.05, 4.69) is 46.0 Å². The van der Waals surface area contributed by atoms with E-state index in [9.17, 15) is 4.79 Å². The summed E-state index contributed by atoms with van der Waals surface area (Å²) in [4.78, 5) is 15.0. The topological polar surface area (TPSA) is 51.0 Å². The summed E-state index contributed by atoms with van der Waals surface area (Å²) in [6.45, 7) is 6.80. The van der Waals surface area contributed by atoms with Gasteiger partial charge in [-0.25, -0.2) is 0 Å². The Morgan fingerprint density at radius 2 is 1.78 bits per heavy atom. The van der Waals surface area contributed by atoms with Gasteiger partial charge in [0.1, 0.15) is 11.6 Å². The molecule has 2 aromatic rings. The molecule has 0 radical (unpaired) electrons. The maximum atomic E-state index is 12.9. The lowest BCUT2D eigenvalue weighted by molar-refractivity contribution is -0.133. The molecule has 5 nitrogen and oxygen atoms in total. The van der Waals surface area contributed by atoms with Gasteiger partial charge in [0.2, 0.25) is 5.91 Å². The van der Waals surface area contributed by atoms with Gasteiger partial charge in [-0.05, 0) is 45.1 Å². The second-order valence-corrected chi connectivity index (χ2v) is 8.17. The Labute approximate surface area is 161 Å². The minimum absolute atomic E-state index is 0.0773. The molecule has 1 amide bonds. The van der Waals surface area contributed by atoms with Gasteiger partial charge in [0.25, 0.3) is 0 Å². The molecule has 1 saturated heterocycles. The van der Waals surface area contributed by atoms with Crippen molar-refractivity contribution in [2.24, 2.45) is 0 Å². The van der Waals surface area contributed by atoms with E-state index in [-0.39, 0.29) is 11.8 Å². The van der Waals surface area contributed by atoms with Crippen LogP contribution in [-0.2, 0) is 17.8 Å². The number of carbonyl (C=O) groups is 1. The van der Waals surface area contributed by atoms with Crippen LogP contribution in [0, 0.1) is 6.92 Å². The van der Waals surface area contributed by atoms with E-state index in [0.717, 1.165) is 56.1 Å². The number of hydrogen-bond donors (Lipinski definition) is 0. The Morgan fingerprint density at radius 3 is 2.52 bits per heavy atom. The number of benzene rings is 1. The third-order valence-electron chi connectivity index (χ3n) is 6.26.